The van der Waals surface area contributed by atoms with E-state index >= 15 is 0 Å². The first kappa shape index (κ1) is 41.8. The number of alkyl halides is 8. The summed E-state index contributed by atoms with van der Waals surface area (Å²) in [5.41, 5.74) is 1.18. The zero-order chi connectivity index (χ0) is 35.6. The standard InChI is InChI=1S/C15H12F3NO3S.C13H10F3NO3S.C2H4BrCl.CH4/c16-15(17,18)22-12-1-3-13(4-2-12)23(20,21)14(7-8-14)11-5-9-19-10-6-11;14-13(15,16)20-11-1-3-12(4-2-11)21(18,19)9-10-5-7-17-8-6-10;3-1-2-4;/h1-6,9-10H,7-8H2;1-8H,9H2;1-2H2;1H4. The lowest BCUT2D eigenvalue weighted by atomic mass is 10.2. The summed E-state index contributed by atoms with van der Waals surface area (Å²) < 4.78 is 129. The fraction of sp³-hybridized carbons (Fsp3) is 0.290. The molecule has 2 aromatic heterocycles. The molecule has 0 N–H and O–H groups in total. The van der Waals surface area contributed by atoms with E-state index in [2.05, 4.69) is 35.4 Å². The van der Waals surface area contributed by atoms with Gasteiger partial charge in [0.25, 0.3) is 0 Å². The molecule has 5 rings (SSSR count). The number of rotatable bonds is 9. The maximum absolute atomic E-state index is 12.8. The number of pyridine rings is 2. The number of benzene rings is 2. The molecule has 0 atom stereocenters. The Morgan fingerprint density at radius 3 is 1.45 bits per heavy atom. The van der Waals surface area contributed by atoms with Gasteiger partial charge in [0.1, 0.15) is 16.2 Å². The Bertz CT molecular complexity index is 1810. The van der Waals surface area contributed by atoms with Gasteiger partial charge in [-0.25, -0.2) is 16.8 Å². The van der Waals surface area contributed by atoms with E-state index in [0.717, 1.165) is 53.9 Å². The van der Waals surface area contributed by atoms with Crippen molar-refractivity contribution in [3.05, 3.63) is 109 Å². The van der Waals surface area contributed by atoms with Crippen molar-refractivity contribution in [3.8, 4) is 11.5 Å². The Morgan fingerprint density at radius 1 is 0.694 bits per heavy atom. The predicted molar refractivity (Wildman–Crippen MR) is 175 cm³/mol. The van der Waals surface area contributed by atoms with E-state index in [1.54, 1.807) is 24.3 Å². The fourth-order valence-electron chi connectivity index (χ4n) is 4.16. The molecule has 0 spiro atoms. The van der Waals surface area contributed by atoms with Crippen LogP contribution in [0.25, 0.3) is 0 Å². The van der Waals surface area contributed by atoms with E-state index in [4.69, 9.17) is 11.6 Å². The quantitative estimate of drug-likeness (QED) is 0.122. The van der Waals surface area contributed by atoms with Crippen LogP contribution in [0.15, 0.2) is 107 Å². The molecule has 1 aliphatic rings. The van der Waals surface area contributed by atoms with Gasteiger partial charge in [-0.3, -0.25) is 9.97 Å². The van der Waals surface area contributed by atoms with Gasteiger partial charge in [0.05, 0.1) is 15.5 Å². The molecule has 18 heteroatoms. The second kappa shape index (κ2) is 17.5. The Morgan fingerprint density at radius 2 is 1.08 bits per heavy atom. The zero-order valence-corrected chi connectivity index (χ0v) is 28.4. The van der Waals surface area contributed by atoms with Crippen molar-refractivity contribution in [1.82, 2.24) is 9.97 Å². The number of halogens is 8. The predicted octanol–water partition coefficient (Wildman–Crippen LogP) is 8.65. The van der Waals surface area contributed by atoms with Crippen LogP contribution in [0, 0.1) is 0 Å². The van der Waals surface area contributed by atoms with Crippen LogP contribution in [0.1, 0.15) is 31.4 Å². The largest absolute Gasteiger partial charge is 0.573 e. The van der Waals surface area contributed by atoms with Crippen molar-refractivity contribution in [2.45, 2.75) is 53.3 Å². The third-order valence-corrected chi connectivity index (χ3v) is 11.7. The Balaban J connectivity index is 0.000000302. The minimum absolute atomic E-state index is 0. The molecule has 2 aromatic carbocycles. The molecular weight excluding hydrogens is 790 g/mol. The highest BCUT2D eigenvalue weighted by atomic mass is 79.9. The van der Waals surface area contributed by atoms with Crippen LogP contribution < -0.4 is 9.47 Å². The van der Waals surface area contributed by atoms with Gasteiger partial charge in [-0.1, -0.05) is 23.4 Å². The second-order valence-corrected chi connectivity index (χ2v) is 15.2. The molecule has 49 heavy (non-hydrogen) atoms. The number of aromatic nitrogens is 2. The normalized spacial score (nSPS) is 13.7. The number of nitrogens with zero attached hydrogens (tertiary/aromatic N) is 2. The fourth-order valence-corrected chi connectivity index (χ4v) is 7.54. The zero-order valence-electron chi connectivity index (χ0n) is 24.5. The lowest BCUT2D eigenvalue weighted by molar-refractivity contribution is -0.275. The number of hydrogen-bond acceptors (Lipinski definition) is 8. The van der Waals surface area contributed by atoms with Gasteiger partial charge in [0, 0.05) is 36.0 Å². The van der Waals surface area contributed by atoms with Gasteiger partial charge in [-0.05, 0) is 96.8 Å². The molecule has 0 unspecified atom stereocenters. The SMILES string of the molecule is C.ClCCBr.O=S(=O)(Cc1ccncc1)c1ccc(OC(F)(F)F)cc1.O=S(=O)(c1ccc(OC(F)(F)F)cc1)C1(c2ccncc2)CC1. The highest BCUT2D eigenvalue weighted by molar-refractivity contribution is 9.09. The van der Waals surface area contributed by atoms with Crippen LogP contribution >= 0.6 is 27.5 Å². The van der Waals surface area contributed by atoms with E-state index in [0.29, 0.717) is 29.8 Å². The highest BCUT2D eigenvalue weighted by Gasteiger charge is 2.56. The summed E-state index contributed by atoms with van der Waals surface area (Å²) in [6, 6.07) is 14.8. The van der Waals surface area contributed by atoms with Crippen molar-refractivity contribution < 1.29 is 52.7 Å². The molecule has 1 fully saturated rings. The van der Waals surface area contributed by atoms with Gasteiger partial charge < -0.3 is 9.47 Å². The molecule has 0 saturated heterocycles. The molecule has 8 nitrogen and oxygen atoms in total. The van der Waals surface area contributed by atoms with Crippen molar-refractivity contribution in [2.24, 2.45) is 0 Å². The summed E-state index contributed by atoms with van der Waals surface area (Å²) in [5.74, 6) is -0.467. The highest BCUT2D eigenvalue weighted by Crippen LogP contribution is 2.55. The minimum atomic E-state index is -4.81. The lowest BCUT2D eigenvalue weighted by Crippen LogP contribution is -2.21. The molecule has 0 aliphatic heterocycles. The Hall–Kier alpha value is -3.41. The van der Waals surface area contributed by atoms with Crippen molar-refractivity contribution in [3.63, 3.8) is 0 Å². The van der Waals surface area contributed by atoms with Gasteiger partial charge in [0.2, 0.25) is 0 Å². The summed E-state index contributed by atoms with van der Waals surface area (Å²) in [6.07, 6.45) is -2.71. The number of ether oxygens (including phenoxy) is 2. The third-order valence-electron chi connectivity index (χ3n) is 6.39. The van der Waals surface area contributed by atoms with Gasteiger partial charge in [-0.15, -0.1) is 37.9 Å². The molecule has 268 valence electrons. The van der Waals surface area contributed by atoms with Crippen LogP contribution in [0.5, 0.6) is 11.5 Å². The molecular formula is C31H30BrClF6N2O6S2. The van der Waals surface area contributed by atoms with Gasteiger partial charge in [0.15, 0.2) is 19.7 Å². The minimum Gasteiger partial charge on any atom is -0.406 e. The van der Waals surface area contributed by atoms with Crippen LogP contribution in [-0.4, -0.2) is 50.7 Å². The average molecular weight is 820 g/mol. The maximum Gasteiger partial charge on any atom is 0.573 e. The topological polar surface area (TPSA) is 113 Å². The third kappa shape index (κ3) is 12.5. The van der Waals surface area contributed by atoms with E-state index in [1.807, 2.05) is 0 Å². The molecule has 1 aliphatic carbocycles. The molecule has 1 saturated carbocycles. The molecule has 0 amide bonds. The van der Waals surface area contributed by atoms with E-state index in [9.17, 15) is 43.2 Å². The smallest absolute Gasteiger partial charge is 0.406 e. The second-order valence-electron chi connectivity index (χ2n) is 9.76. The average Bonchev–Trinajstić information content (AvgIpc) is 3.84. The molecule has 0 bridgehead atoms. The molecule has 2 heterocycles. The summed E-state index contributed by atoms with van der Waals surface area (Å²) in [6.45, 7) is 0. The monoisotopic (exact) mass is 818 g/mol. The first-order valence-electron chi connectivity index (χ1n) is 13.5. The summed E-state index contributed by atoms with van der Waals surface area (Å²) in [5, 5.41) is 0.897. The molecule has 4 aromatic rings. The summed E-state index contributed by atoms with van der Waals surface area (Å²) in [4.78, 5) is 7.54. The Kier molecular flexibility index (Phi) is 14.9. The van der Waals surface area contributed by atoms with Crippen molar-refractivity contribution >= 4 is 47.2 Å². The number of hydrogen-bond donors (Lipinski definition) is 0. The van der Waals surface area contributed by atoms with E-state index in [1.165, 1.54) is 24.8 Å². The van der Waals surface area contributed by atoms with E-state index < -0.39 is 48.6 Å². The summed E-state index contributed by atoms with van der Waals surface area (Å²) in [7, 11) is -7.34. The first-order chi connectivity index (χ1) is 22.4. The van der Waals surface area contributed by atoms with Gasteiger partial charge in [-0.2, -0.15) is 0 Å². The van der Waals surface area contributed by atoms with Gasteiger partial charge >= 0.3 is 12.7 Å². The first-order valence-corrected chi connectivity index (χ1v) is 18.3. The van der Waals surface area contributed by atoms with Crippen LogP contribution in [0.2, 0.25) is 0 Å². The van der Waals surface area contributed by atoms with Crippen molar-refractivity contribution in [2.75, 3.05) is 11.2 Å². The molecule has 0 radical (unpaired) electrons. The van der Waals surface area contributed by atoms with Crippen LogP contribution in [-0.2, 0) is 30.2 Å². The van der Waals surface area contributed by atoms with E-state index in [-0.39, 0.29) is 23.0 Å². The van der Waals surface area contributed by atoms with Crippen LogP contribution in [0.3, 0.4) is 0 Å². The summed E-state index contributed by atoms with van der Waals surface area (Å²) >= 11 is 8.26. The Labute approximate surface area is 293 Å². The maximum atomic E-state index is 12.8. The van der Waals surface area contributed by atoms with Crippen molar-refractivity contribution in [1.29, 1.82) is 0 Å². The lowest BCUT2D eigenvalue weighted by Gasteiger charge is -2.17. The number of sulfone groups is 2. The van der Waals surface area contributed by atoms with Crippen LogP contribution in [0.4, 0.5) is 26.3 Å².